The Morgan fingerprint density at radius 3 is 2.23 bits per heavy atom. The number of ether oxygens (including phenoxy) is 1. The summed E-state index contributed by atoms with van der Waals surface area (Å²) in [7, 11) is -18.0. The summed E-state index contributed by atoms with van der Waals surface area (Å²) >= 11 is 0. The fourth-order valence-corrected chi connectivity index (χ4v) is 5.59. The number of phosphoric acid groups is 3. The predicted molar refractivity (Wildman–Crippen MR) is 93.1 cm³/mol. The quantitative estimate of drug-likeness (QED) is 0.127. The molecule has 0 saturated carbocycles. The van der Waals surface area contributed by atoms with Gasteiger partial charge in [0.2, 0.25) is 0 Å². The van der Waals surface area contributed by atoms with Gasteiger partial charge in [0.15, 0.2) is 17.7 Å². The van der Waals surface area contributed by atoms with E-state index in [4.69, 9.17) is 15.4 Å². The molecule has 0 radical (unpaired) electrons. The van der Waals surface area contributed by atoms with E-state index in [0.29, 0.717) is 0 Å². The third kappa shape index (κ3) is 9.14. The van der Waals surface area contributed by atoms with Gasteiger partial charge in [-0.1, -0.05) is 6.58 Å². The molecule has 0 spiro atoms. The van der Waals surface area contributed by atoms with Crippen molar-refractivity contribution in [2.24, 2.45) is 0 Å². The van der Waals surface area contributed by atoms with Crippen molar-refractivity contribution < 1.29 is 150 Å². The van der Waals surface area contributed by atoms with Gasteiger partial charge in [-0.25, -0.2) is 23.6 Å². The van der Waals surface area contributed by atoms with Gasteiger partial charge in [0.25, 0.3) is 15.6 Å². The fourth-order valence-electron chi connectivity index (χ4n) is 2.69. The summed E-state index contributed by atoms with van der Waals surface area (Å²) in [6.45, 7) is 3.16. The van der Waals surface area contributed by atoms with E-state index in [2.05, 4.69) is 34.7 Å². The SMILES string of the molecule is C=C(OP(=O)([O-])OP(=O)([O-])OP(=O)([O-])O)[C@H]1O[C@@H](n2cnc3c(N)ncnc32)[C@H](O)[C@@H]1O.[Na+].[Na+].[Na+]. The summed E-state index contributed by atoms with van der Waals surface area (Å²) in [6.07, 6.45) is -4.49. The second kappa shape index (κ2) is 13.5. The third-order valence-corrected chi connectivity index (χ3v) is 7.53. The summed E-state index contributed by atoms with van der Waals surface area (Å²) < 4.78 is 50.8. The van der Waals surface area contributed by atoms with Crippen molar-refractivity contribution in [2.75, 3.05) is 5.73 Å². The Bertz CT molecular complexity index is 1200. The number of rotatable bonds is 8. The third-order valence-electron chi connectivity index (χ3n) is 3.85. The summed E-state index contributed by atoms with van der Waals surface area (Å²) in [5, 5.41) is 20.5. The Hall–Kier alpha value is 1.22. The maximum absolute atomic E-state index is 11.8. The summed E-state index contributed by atoms with van der Waals surface area (Å²) in [5.41, 5.74) is 5.89. The van der Waals surface area contributed by atoms with Gasteiger partial charge >= 0.3 is 96.5 Å². The molecule has 35 heavy (non-hydrogen) atoms. The molecular formula is C11H13N5Na3O13P3. The van der Waals surface area contributed by atoms with Crippen molar-refractivity contribution in [3.05, 3.63) is 25.0 Å². The molecule has 1 saturated heterocycles. The van der Waals surface area contributed by atoms with Crippen molar-refractivity contribution in [1.29, 1.82) is 0 Å². The number of imidazole rings is 1. The minimum atomic E-state index is -6.14. The van der Waals surface area contributed by atoms with E-state index in [0.717, 1.165) is 17.2 Å². The zero-order chi connectivity index (χ0) is 24.1. The van der Waals surface area contributed by atoms with Gasteiger partial charge in [0.1, 0.15) is 35.9 Å². The average Bonchev–Trinajstić information content (AvgIpc) is 3.14. The van der Waals surface area contributed by atoms with Crippen LogP contribution in [0.4, 0.5) is 5.82 Å². The molecule has 18 nitrogen and oxygen atoms in total. The van der Waals surface area contributed by atoms with Gasteiger partial charge in [0.05, 0.1) is 6.33 Å². The predicted octanol–water partition coefficient (Wildman–Crippen LogP) is -12.0. The van der Waals surface area contributed by atoms with Crippen LogP contribution in [0.25, 0.3) is 11.2 Å². The standard InChI is InChI=1S/C11H16N5O13P3.3Na/c1-4(27-31(22,23)29-32(24,25)28-30(19,20)21)8-6(17)7(18)11(26-8)16-3-15-5-9(12)13-2-14-10(5)16;;;/h2-3,6-8,11,17-18H,1H2,(H,22,23)(H,24,25)(H2,12,13,14)(H2,19,20,21);;;/q;3*+1/p-3/t6-,7+,8+,11+;;;/m0.../s1. The molecule has 3 rings (SSSR count). The van der Waals surface area contributed by atoms with Crippen LogP contribution in [0.5, 0.6) is 0 Å². The van der Waals surface area contributed by atoms with E-state index >= 15 is 0 Å². The smallest absolute Gasteiger partial charge is 0.756 e. The van der Waals surface area contributed by atoms with Crippen molar-refractivity contribution in [1.82, 2.24) is 19.5 Å². The van der Waals surface area contributed by atoms with Crippen molar-refractivity contribution >= 4 is 40.4 Å². The van der Waals surface area contributed by atoms with Crippen LogP contribution in [-0.4, -0.2) is 52.9 Å². The van der Waals surface area contributed by atoms with Crippen LogP contribution in [0.1, 0.15) is 6.23 Å². The molecule has 3 unspecified atom stereocenters. The Kier molecular flexibility index (Phi) is 14.0. The topological polar surface area (TPSA) is 288 Å². The number of fused-ring (bicyclic) bond motifs is 1. The number of nitrogens with two attached hydrogens (primary N) is 1. The molecule has 178 valence electrons. The summed E-state index contributed by atoms with van der Waals surface area (Å²) in [4.78, 5) is 53.4. The van der Waals surface area contributed by atoms with E-state index in [1.54, 1.807) is 0 Å². The number of aliphatic hydroxyl groups is 2. The van der Waals surface area contributed by atoms with Gasteiger partial charge in [0, 0.05) is 0 Å². The number of nitrogen functional groups attached to an aromatic ring is 1. The van der Waals surface area contributed by atoms with Crippen LogP contribution in [-0.2, 0) is 31.6 Å². The Morgan fingerprint density at radius 1 is 1.06 bits per heavy atom. The molecule has 3 heterocycles. The number of aromatic nitrogens is 4. The van der Waals surface area contributed by atoms with E-state index in [1.165, 1.54) is 0 Å². The summed E-state index contributed by atoms with van der Waals surface area (Å²) in [6, 6.07) is 0. The van der Waals surface area contributed by atoms with Crippen LogP contribution < -0.4 is 109 Å². The first-order chi connectivity index (χ1) is 14.6. The summed E-state index contributed by atoms with van der Waals surface area (Å²) in [5.74, 6) is -0.949. The van der Waals surface area contributed by atoms with Gasteiger partial charge in [-0.2, -0.15) is 0 Å². The fraction of sp³-hybridized carbons (Fsp3) is 0.364. The molecule has 0 bridgehead atoms. The number of nitrogens with zero attached hydrogens (tertiary/aromatic N) is 4. The van der Waals surface area contributed by atoms with E-state index < -0.39 is 53.8 Å². The van der Waals surface area contributed by atoms with Crippen LogP contribution in [0.2, 0.25) is 0 Å². The first-order valence-corrected chi connectivity index (χ1v) is 12.4. The normalized spacial score (nSPS) is 26.7. The van der Waals surface area contributed by atoms with E-state index in [-0.39, 0.29) is 106 Å². The number of anilines is 1. The molecule has 24 heteroatoms. The second-order valence-electron chi connectivity index (χ2n) is 6.10. The number of aliphatic hydroxyl groups excluding tert-OH is 2. The first-order valence-electron chi connectivity index (χ1n) is 8.02. The van der Waals surface area contributed by atoms with Crippen LogP contribution >= 0.6 is 23.5 Å². The van der Waals surface area contributed by atoms with Crippen molar-refractivity contribution in [2.45, 2.75) is 24.5 Å². The molecule has 1 fully saturated rings. The number of hydrogen-bond acceptors (Lipinski definition) is 16. The number of phosphoric ester groups is 1. The zero-order valence-electron chi connectivity index (χ0n) is 18.3. The Balaban J connectivity index is 0.00000385. The van der Waals surface area contributed by atoms with Crippen molar-refractivity contribution in [3.8, 4) is 0 Å². The first kappa shape index (κ1) is 36.2. The molecule has 0 aromatic carbocycles. The average molecular weight is 585 g/mol. The van der Waals surface area contributed by atoms with Crippen molar-refractivity contribution in [3.63, 3.8) is 0 Å². The largest absolute Gasteiger partial charge is 1.00 e. The van der Waals surface area contributed by atoms with Gasteiger partial charge in [-0.3, -0.25) is 18.3 Å². The minimum Gasteiger partial charge on any atom is -0.756 e. The van der Waals surface area contributed by atoms with Crippen LogP contribution in [0.3, 0.4) is 0 Å². The maximum Gasteiger partial charge on any atom is 1.00 e. The Morgan fingerprint density at radius 2 is 1.66 bits per heavy atom. The monoisotopic (exact) mass is 585 g/mol. The van der Waals surface area contributed by atoms with Gasteiger partial charge < -0.3 is 44.8 Å². The van der Waals surface area contributed by atoms with Gasteiger partial charge in [-0.15, -0.1) is 0 Å². The van der Waals surface area contributed by atoms with Crippen LogP contribution in [0, 0.1) is 0 Å². The molecule has 7 atom stereocenters. The molecule has 0 aliphatic carbocycles. The maximum atomic E-state index is 11.8. The molecule has 2 aromatic rings. The molecule has 1 aliphatic heterocycles. The Labute approximate surface area is 262 Å². The molecular weight excluding hydrogens is 572 g/mol. The molecule has 0 amide bonds. The van der Waals surface area contributed by atoms with Crippen LogP contribution in [0.15, 0.2) is 25.0 Å². The van der Waals surface area contributed by atoms with E-state index in [1.807, 2.05) is 0 Å². The number of hydrogen-bond donors (Lipinski definition) is 4. The molecule has 5 N–H and O–H groups in total. The van der Waals surface area contributed by atoms with Gasteiger partial charge in [-0.05, 0) is 0 Å². The molecule has 2 aromatic heterocycles. The minimum absolute atomic E-state index is 0. The second-order valence-corrected chi connectivity index (χ2v) is 10.3. The van der Waals surface area contributed by atoms with E-state index in [9.17, 15) is 38.6 Å². The zero-order valence-corrected chi connectivity index (χ0v) is 27.0. The molecule has 1 aliphatic rings.